The molecular weight excluding hydrogens is 837 g/mol. The maximum absolute atomic E-state index is 2.61. The van der Waals surface area contributed by atoms with Crippen LogP contribution in [0.5, 0.6) is 0 Å². The van der Waals surface area contributed by atoms with E-state index in [1.807, 2.05) is 11.3 Å². The molecule has 12 rings (SSSR count). The Labute approximate surface area is 407 Å². The van der Waals surface area contributed by atoms with Crippen molar-refractivity contribution in [3.05, 3.63) is 248 Å². The second-order valence-electron chi connectivity index (χ2n) is 21.0. The number of hydrogen-bond acceptors (Lipinski definition) is 1. The monoisotopic (exact) mass is 896 g/mol. The van der Waals surface area contributed by atoms with Crippen molar-refractivity contribution in [3.8, 4) is 22.3 Å². The van der Waals surface area contributed by atoms with Crippen LogP contribution in [-0.4, -0.2) is 0 Å². The van der Waals surface area contributed by atoms with Crippen molar-refractivity contribution in [3.63, 3.8) is 0 Å². The van der Waals surface area contributed by atoms with Gasteiger partial charge in [0.05, 0.1) is 0 Å². The lowest BCUT2D eigenvalue weighted by Gasteiger charge is -2.28. The summed E-state index contributed by atoms with van der Waals surface area (Å²) in [6, 6.07) is 66.0. The minimum Gasteiger partial charge on any atom is -0.135 e. The summed E-state index contributed by atoms with van der Waals surface area (Å²) >= 11 is 1.93. The van der Waals surface area contributed by atoms with Gasteiger partial charge in [-0.15, -0.1) is 11.3 Å². The molecule has 10 aromatic rings. The lowest BCUT2D eigenvalue weighted by atomic mass is 9.75. The summed E-state index contributed by atoms with van der Waals surface area (Å²) in [6.45, 7) is 16.5. The molecule has 3 unspecified atom stereocenters. The molecular formula is C67H60S. The summed E-state index contributed by atoms with van der Waals surface area (Å²) < 4.78 is 2.74. The zero-order valence-electron chi connectivity index (χ0n) is 40.6. The van der Waals surface area contributed by atoms with E-state index < -0.39 is 0 Å². The Morgan fingerprint density at radius 2 is 1.18 bits per heavy atom. The number of aryl methyl sites for hydroxylation is 5. The van der Waals surface area contributed by atoms with Gasteiger partial charge in [0, 0.05) is 31.5 Å². The zero-order valence-corrected chi connectivity index (χ0v) is 41.5. The molecule has 1 heteroatoms. The minimum absolute atomic E-state index is 0.153. The average Bonchev–Trinajstić information content (AvgIpc) is 3.99. The van der Waals surface area contributed by atoms with Crippen LogP contribution in [0.2, 0.25) is 0 Å². The number of thiophene rings is 1. The van der Waals surface area contributed by atoms with Gasteiger partial charge in [-0.25, -0.2) is 0 Å². The topological polar surface area (TPSA) is 0 Å². The van der Waals surface area contributed by atoms with Crippen molar-refractivity contribution in [2.75, 3.05) is 0 Å². The molecule has 0 fully saturated rings. The second-order valence-corrected chi connectivity index (χ2v) is 22.1. The fourth-order valence-electron chi connectivity index (χ4n) is 12.5. The average molecular weight is 897 g/mol. The van der Waals surface area contributed by atoms with E-state index >= 15 is 0 Å². The normalized spacial score (nSPS) is 14.8. The Hall–Kier alpha value is -6.54. The van der Waals surface area contributed by atoms with Crippen molar-refractivity contribution in [1.29, 1.82) is 0 Å². The van der Waals surface area contributed by atoms with E-state index in [0.29, 0.717) is 11.8 Å². The molecule has 0 nitrogen and oxygen atoms in total. The van der Waals surface area contributed by atoms with Crippen LogP contribution in [0.15, 0.2) is 170 Å². The minimum atomic E-state index is -0.153. The van der Waals surface area contributed by atoms with E-state index in [-0.39, 0.29) is 11.3 Å². The number of rotatable bonds is 10. The number of fused-ring (bicyclic) bond motifs is 11. The molecule has 334 valence electrons. The van der Waals surface area contributed by atoms with E-state index in [2.05, 4.69) is 218 Å². The Bertz CT molecular complexity index is 3630. The third-order valence-electron chi connectivity index (χ3n) is 16.4. The highest BCUT2D eigenvalue weighted by Crippen LogP contribution is 2.54. The molecule has 2 aliphatic rings. The maximum atomic E-state index is 2.61. The molecule has 2 aliphatic carbocycles. The van der Waals surface area contributed by atoms with Gasteiger partial charge in [0.2, 0.25) is 0 Å². The lowest BCUT2D eigenvalue weighted by Crippen LogP contribution is -2.17. The van der Waals surface area contributed by atoms with Crippen molar-refractivity contribution in [2.45, 2.75) is 97.3 Å². The van der Waals surface area contributed by atoms with Gasteiger partial charge in [-0.3, -0.25) is 0 Å². The first-order valence-electron chi connectivity index (χ1n) is 25.0. The number of benzene rings is 9. The van der Waals surface area contributed by atoms with E-state index in [0.717, 1.165) is 25.7 Å². The highest BCUT2D eigenvalue weighted by Gasteiger charge is 2.38. The molecule has 0 bridgehead atoms. The summed E-state index contributed by atoms with van der Waals surface area (Å²) in [4.78, 5) is 0. The molecule has 0 aliphatic heterocycles. The molecule has 68 heavy (non-hydrogen) atoms. The van der Waals surface area contributed by atoms with Gasteiger partial charge >= 0.3 is 0 Å². The standard InChI is InChI=1S/C67H60S/c1-40-20-22-42(3)50(32-40)36-61(47-25-29-55-51(35-47)34-46-14-8-9-15-52(46)55)44(5)45-24-31-59-62(37-45)67(6,7)63-38-48(53-16-10-11-18-58(53)66(59)63)26-28-54(60-33-41(2)21-23-43(60)4)49-27-30-57-56-17-12-13-19-64(56)68-65(57)39-49/h8-25,27,29-33,35,37-39,44,54,61H,26,28,34,36H2,1-7H3. The van der Waals surface area contributed by atoms with Gasteiger partial charge in [0.15, 0.2) is 0 Å². The highest BCUT2D eigenvalue weighted by atomic mass is 32.1. The first-order chi connectivity index (χ1) is 33.0. The van der Waals surface area contributed by atoms with Crippen molar-refractivity contribution in [1.82, 2.24) is 0 Å². The predicted octanol–water partition coefficient (Wildman–Crippen LogP) is 18.2. The van der Waals surface area contributed by atoms with Gasteiger partial charge in [-0.2, -0.15) is 0 Å². The Morgan fingerprint density at radius 1 is 0.500 bits per heavy atom. The summed E-state index contributed by atoms with van der Waals surface area (Å²) in [6.07, 6.45) is 4.06. The van der Waals surface area contributed by atoms with Gasteiger partial charge in [0.25, 0.3) is 0 Å². The Morgan fingerprint density at radius 3 is 2.03 bits per heavy atom. The van der Waals surface area contributed by atoms with Gasteiger partial charge in [-0.1, -0.05) is 190 Å². The fraction of sp³-hybridized carbons (Fsp3) is 0.224. The van der Waals surface area contributed by atoms with Crippen LogP contribution in [0.4, 0.5) is 0 Å². The van der Waals surface area contributed by atoms with Crippen LogP contribution in [0.3, 0.4) is 0 Å². The van der Waals surface area contributed by atoms with E-state index in [1.165, 1.54) is 131 Å². The predicted molar refractivity (Wildman–Crippen MR) is 292 cm³/mol. The lowest BCUT2D eigenvalue weighted by molar-refractivity contribution is 0.568. The van der Waals surface area contributed by atoms with Crippen LogP contribution >= 0.6 is 11.3 Å². The van der Waals surface area contributed by atoms with Crippen molar-refractivity contribution < 1.29 is 0 Å². The summed E-state index contributed by atoms with van der Waals surface area (Å²) in [7, 11) is 0. The molecule has 1 aromatic heterocycles. The molecule has 3 atom stereocenters. The summed E-state index contributed by atoms with van der Waals surface area (Å²) in [5, 5.41) is 5.50. The zero-order chi connectivity index (χ0) is 46.4. The van der Waals surface area contributed by atoms with Crippen LogP contribution in [-0.2, 0) is 24.7 Å². The van der Waals surface area contributed by atoms with Gasteiger partial charge in [-0.05, 0) is 177 Å². The quantitative estimate of drug-likeness (QED) is 0.128. The first kappa shape index (κ1) is 42.8. The molecule has 0 spiro atoms. The van der Waals surface area contributed by atoms with Gasteiger partial charge < -0.3 is 0 Å². The van der Waals surface area contributed by atoms with Crippen molar-refractivity contribution >= 4 is 42.3 Å². The summed E-state index contributed by atoms with van der Waals surface area (Å²) in [5.74, 6) is 0.914. The van der Waals surface area contributed by atoms with Crippen LogP contribution in [0.1, 0.15) is 123 Å². The van der Waals surface area contributed by atoms with E-state index in [1.54, 1.807) is 0 Å². The first-order valence-corrected chi connectivity index (χ1v) is 25.8. The SMILES string of the molecule is Cc1ccc(C)c(CC(c2ccc3c(c2)Cc2ccccc2-3)C(C)c2ccc3c(c2)C(C)(C)c2cc(CCC(c4ccc5c(c4)sc4ccccc45)c4cc(C)ccc4C)c4ccccc4c2-3)c1. The van der Waals surface area contributed by atoms with Gasteiger partial charge in [0.1, 0.15) is 0 Å². The molecule has 0 saturated heterocycles. The molecule has 0 radical (unpaired) electrons. The molecule has 0 N–H and O–H groups in total. The third kappa shape index (κ3) is 7.16. The molecule has 1 heterocycles. The fourth-order valence-corrected chi connectivity index (χ4v) is 13.7. The molecule has 9 aromatic carbocycles. The largest absolute Gasteiger partial charge is 0.135 e. The van der Waals surface area contributed by atoms with E-state index in [4.69, 9.17) is 0 Å². The van der Waals surface area contributed by atoms with Crippen molar-refractivity contribution in [2.24, 2.45) is 0 Å². The number of hydrogen-bond donors (Lipinski definition) is 0. The third-order valence-corrected chi connectivity index (χ3v) is 17.6. The highest BCUT2D eigenvalue weighted by molar-refractivity contribution is 7.25. The Balaban J connectivity index is 0.913. The van der Waals surface area contributed by atoms with Crippen LogP contribution < -0.4 is 0 Å². The smallest absolute Gasteiger partial charge is 0.0358 e. The van der Waals surface area contributed by atoms with E-state index in [9.17, 15) is 0 Å². The molecule has 0 saturated carbocycles. The van der Waals surface area contributed by atoms with Crippen LogP contribution in [0, 0.1) is 27.7 Å². The Kier molecular flexibility index (Phi) is 10.4. The summed E-state index contributed by atoms with van der Waals surface area (Å²) in [5.41, 5.74) is 25.4. The van der Waals surface area contributed by atoms with Crippen LogP contribution in [0.25, 0.3) is 53.2 Å². The molecule has 0 amide bonds. The maximum Gasteiger partial charge on any atom is 0.0358 e. The second kappa shape index (κ2) is 16.6.